The van der Waals surface area contributed by atoms with Crippen molar-refractivity contribution < 1.29 is 9.53 Å². The molecule has 0 atom stereocenters. The monoisotopic (exact) mass is 484 g/mol. The number of nitrogens with one attached hydrogen (secondary N) is 1. The summed E-state index contributed by atoms with van der Waals surface area (Å²) in [5.41, 5.74) is 2.58. The van der Waals surface area contributed by atoms with Crippen molar-refractivity contribution in [3.8, 4) is 11.8 Å². The van der Waals surface area contributed by atoms with E-state index in [0.717, 1.165) is 11.1 Å². The van der Waals surface area contributed by atoms with Crippen molar-refractivity contribution in [3.63, 3.8) is 0 Å². The van der Waals surface area contributed by atoms with Crippen molar-refractivity contribution in [2.45, 2.75) is 13.3 Å². The molecular formula is C25H19Cl3N2O2. The first-order chi connectivity index (χ1) is 15.4. The van der Waals surface area contributed by atoms with Crippen LogP contribution in [0.25, 0.3) is 6.08 Å². The third kappa shape index (κ3) is 5.83. The second-order valence-electron chi connectivity index (χ2n) is 6.78. The lowest BCUT2D eigenvalue weighted by Gasteiger charge is -2.14. The van der Waals surface area contributed by atoms with E-state index in [0.29, 0.717) is 45.1 Å². The van der Waals surface area contributed by atoms with Crippen LogP contribution in [-0.2, 0) is 11.2 Å². The van der Waals surface area contributed by atoms with Gasteiger partial charge in [-0.1, -0.05) is 65.1 Å². The number of benzene rings is 3. The van der Waals surface area contributed by atoms with Gasteiger partial charge in [-0.25, -0.2) is 0 Å². The van der Waals surface area contributed by atoms with E-state index < -0.39 is 5.91 Å². The highest BCUT2D eigenvalue weighted by Gasteiger charge is 2.15. The number of nitriles is 1. The van der Waals surface area contributed by atoms with Crippen LogP contribution in [0.2, 0.25) is 15.1 Å². The van der Waals surface area contributed by atoms with E-state index in [1.54, 1.807) is 36.4 Å². The minimum atomic E-state index is -0.574. The summed E-state index contributed by atoms with van der Waals surface area (Å²) in [6.07, 6.45) is 1.94. The SMILES string of the molecule is CCOc1cc(/C=C(\C#N)C(=O)Nc2ccccc2Cl)cc(Cl)c1Cc1ccccc1Cl. The van der Waals surface area contributed by atoms with Gasteiger partial charge in [-0.15, -0.1) is 0 Å². The number of carbonyl (C=O) groups is 1. The Labute approximate surface area is 202 Å². The molecule has 0 saturated heterocycles. The first kappa shape index (κ1) is 23.7. The Balaban J connectivity index is 1.93. The first-order valence-electron chi connectivity index (χ1n) is 9.79. The summed E-state index contributed by atoms with van der Waals surface area (Å²) in [6, 6.07) is 19.7. The maximum atomic E-state index is 12.6. The predicted octanol–water partition coefficient (Wildman–Crippen LogP) is 7.18. The molecule has 0 saturated carbocycles. The molecule has 0 heterocycles. The third-order valence-electron chi connectivity index (χ3n) is 4.60. The van der Waals surface area contributed by atoms with Gasteiger partial charge in [-0.3, -0.25) is 4.79 Å². The smallest absolute Gasteiger partial charge is 0.266 e. The molecule has 3 aromatic carbocycles. The van der Waals surface area contributed by atoms with E-state index in [9.17, 15) is 10.1 Å². The predicted molar refractivity (Wildman–Crippen MR) is 131 cm³/mol. The summed E-state index contributed by atoms with van der Waals surface area (Å²) >= 11 is 19.0. The lowest BCUT2D eigenvalue weighted by Crippen LogP contribution is -2.13. The van der Waals surface area contributed by atoms with E-state index in [2.05, 4.69) is 5.32 Å². The normalized spacial score (nSPS) is 11.0. The molecule has 32 heavy (non-hydrogen) atoms. The number of ether oxygens (including phenoxy) is 1. The zero-order valence-corrected chi connectivity index (χ0v) is 19.4. The molecular weight excluding hydrogens is 467 g/mol. The van der Waals surface area contributed by atoms with Crippen molar-refractivity contribution in [2.75, 3.05) is 11.9 Å². The van der Waals surface area contributed by atoms with Crippen molar-refractivity contribution in [3.05, 3.63) is 98.0 Å². The van der Waals surface area contributed by atoms with E-state index >= 15 is 0 Å². The summed E-state index contributed by atoms with van der Waals surface area (Å²) < 4.78 is 5.80. The van der Waals surface area contributed by atoms with Gasteiger partial charge in [0.05, 0.1) is 17.3 Å². The van der Waals surface area contributed by atoms with Crippen LogP contribution in [0, 0.1) is 11.3 Å². The Bertz CT molecular complexity index is 1220. The van der Waals surface area contributed by atoms with E-state index in [4.69, 9.17) is 39.5 Å². The quantitative estimate of drug-likeness (QED) is 0.285. The molecule has 0 bridgehead atoms. The van der Waals surface area contributed by atoms with Gasteiger partial charge >= 0.3 is 0 Å². The molecule has 0 aliphatic carbocycles. The van der Waals surface area contributed by atoms with Crippen molar-refractivity contribution in [1.82, 2.24) is 0 Å². The molecule has 3 aromatic rings. The van der Waals surface area contributed by atoms with Gasteiger partial charge in [0.15, 0.2) is 0 Å². The molecule has 0 unspecified atom stereocenters. The third-order valence-corrected chi connectivity index (χ3v) is 5.64. The number of nitrogens with zero attached hydrogens (tertiary/aromatic N) is 1. The summed E-state index contributed by atoms with van der Waals surface area (Å²) in [5.74, 6) is -0.00945. The van der Waals surface area contributed by atoms with Crippen LogP contribution in [0.5, 0.6) is 5.75 Å². The average molecular weight is 486 g/mol. The van der Waals surface area contributed by atoms with Crippen LogP contribution in [-0.4, -0.2) is 12.5 Å². The molecule has 4 nitrogen and oxygen atoms in total. The average Bonchev–Trinajstić information content (AvgIpc) is 2.77. The van der Waals surface area contributed by atoms with E-state index in [-0.39, 0.29) is 5.57 Å². The summed E-state index contributed by atoms with van der Waals surface area (Å²) in [6.45, 7) is 2.30. The van der Waals surface area contributed by atoms with Gasteiger partial charge in [-0.05, 0) is 54.5 Å². The Morgan fingerprint density at radius 1 is 1.03 bits per heavy atom. The van der Waals surface area contributed by atoms with Crippen LogP contribution in [0.15, 0.2) is 66.2 Å². The van der Waals surface area contributed by atoms with Crippen LogP contribution in [0.1, 0.15) is 23.6 Å². The Morgan fingerprint density at radius 3 is 2.38 bits per heavy atom. The Kier molecular flexibility index (Phi) is 8.19. The zero-order valence-electron chi connectivity index (χ0n) is 17.2. The number of anilines is 1. The summed E-state index contributed by atoms with van der Waals surface area (Å²) in [5, 5.41) is 13.6. The highest BCUT2D eigenvalue weighted by atomic mass is 35.5. The number of para-hydroxylation sites is 1. The number of hydrogen-bond acceptors (Lipinski definition) is 3. The molecule has 162 valence electrons. The molecule has 3 rings (SSSR count). The number of carbonyl (C=O) groups excluding carboxylic acids is 1. The van der Waals surface area contributed by atoms with Crippen LogP contribution >= 0.6 is 34.8 Å². The maximum absolute atomic E-state index is 12.6. The van der Waals surface area contributed by atoms with Crippen LogP contribution in [0.3, 0.4) is 0 Å². The Hall–Kier alpha value is -2.97. The van der Waals surface area contributed by atoms with Gasteiger partial charge in [0.25, 0.3) is 5.91 Å². The lowest BCUT2D eigenvalue weighted by atomic mass is 10.0. The molecule has 0 radical (unpaired) electrons. The first-order valence-corrected chi connectivity index (χ1v) is 10.9. The van der Waals surface area contributed by atoms with Gasteiger partial charge in [0, 0.05) is 22.0 Å². The fraction of sp³-hybridized carbons (Fsp3) is 0.120. The van der Waals surface area contributed by atoms with Crippen molar-refractivity contribution in [2.24, 2.45) is 0 Å². The highest BCUT2D eigenvalue weighted by molar-refractivity contribution is 6.34. The van der Waals surface area contributed by atoms with E-state index in [1.165, 1.54) is 6.08 Å². The van der Waals surface area contributed by atoms with Gasteiger partial charge < -0.3 is 10.1 Å². The molecule has 0 aliphatic heterocycles. The van der Waals surface area contributed by atoms with Crippen molar-refractivity contribution in [1.29, 1.82) is 5.26 Å². The number of hydrogen-bond donors (Lipinski definition) is 1. The van der Waals surface area contributed by atoms with Crippen molar-refractivity contribution >= 4 is 52.5 Å². The fourth-order valence-corrected chi connectivity index (χ4v) is 3.74. The van der Waals surface area contributed by atoms with E-state index in [1.807, 2.05) is 37.3 Å². The van der Waals surface area contributed by atoms with Crippen LogP contribution < -0.4 is 10.1 Å². The second-order valence-corrected chi connectivity index (χ2v) is 8.01. The minimum absolute atomic E-state index is 0.0951. The lowest BCUT2D eigenvalue weighted by molar-refractivity contribution is -0.112. The second kappa shape index (κ2) is 11.1. The molecule has 0 aromatic heterocycles. The van der Waals surface area contributed by atoms with Gasteiger partial charge in [0.1, 0.15) is 17.4 Å². The molecule has 0 aliphatic rings. The zero-order chi connectivity index (χ0) is 23.1. The van der Waals surface area contributed by atoms with Crippen LogP contribution in [0.4, 0.5) is 5.69 Å². The molecule has 7 heteroatoms. The fourth-order valence-electron chi connectivity index (χ4n) is 3.07. The molecule has 1 amide bonds. The largest absolute Gasteiger partial charge is 0.494 e. The standard InChI is InChI=1S/C25H19Cl3N2O2/c1-2-32-24-13-16(12-22(28)19(24)14-17-7-3-4-8-20(17)26)11-18(15-29)25(31)30-23-10-6-5-9-21(23)27/h3-13H,2,14H2,1H3,(H,30,31)/b18-11+. The number of amides is 1. The molecule has 1 N–H and O–H groups in total. The topological polar surface area (TPSA) is 62.1 Å². The molecule has 0 fully saturated rings. The van der Waals surface area contributed by atoms with Gasteiger partial charge in [0.2, 0.25) is 0 Å². The highest BCUT2D eigenvalue weighted by Crippen LogP contribution is 2.33. The summed E-state index contributed by atoms with van der Waals surface area (Å²) in [4.78, 5) is 12.6. The summed E-state index contributed by atoms with van der Waals surface area (Å²) in [7, 11) is 0. The maximum Gasteiger partial charge on any atom is 0.266 e. The number of rotatable bonds is 7. The van der Waals surface area contributed by atoms with Gasteiger partial charge in [-0.2, -0.15) is 5.26 Å². The molecule has 0 spiro atoms. The number of halogens is 3. The Morgan fingerprint density at radius 2 is 1.72 bits per heavy atom. The minimum Gasteiger partial charge on any atom is -0.494 e.